The molecule has 186 valence electrons. The first kappa shape index (κ1) is 25.7. The van der Waals surface area contributed by atoms with Gasteiger partial charge in [-0.05, 0) is 49.2 Å². The number of nitrogens with zero attached hydrogens (tertiary/aromatic N) is 1. The summed E-state index contributed by atoms with van der Waals surface area (Å²) in [7, 11) is 0.377. The standard InChI is InChI=1S/C25H34N2O6S/c1-31-21-13-11-20(12-14-21)27(18-25(28)26-19-9-7-5-4-6-8-10-19)34(29,30)22-15-16-23(32-2)24(17-22)33-3/h11-17,19H,4-10,18H2,1-3H3,(H,26,28). The van der Waals surface area contributed by atoms with Crippen molar-refractivity contribution < 1.29 is 27.4 Å². The predicted molar refractivity (Wildman–Crippen MR) is 131 cm³/mol. The number of methoxy groups -OCH3 is 3. The van der Waals surface area contributed by atoms with Crippen LogP contribution in [0.5, 0.6) is 17.2 Å². The molecule has 34 heavy (non-hydrogen) atoms. The van der Waals surface area contributed by atoms with Crippen molar-refractivity contribution >= 4 is 21.6 Å². The van der Waals surface area contributed by atoms with Gasteiger partial charge in [0.05, 0.1) is 31.9 Å². The van der Waals surface area contributed by atoms with E-state index < -0.39 is 10.0 Å². The summed E-state index contributed by atoms with van der Waals surface area (Å²) in [5.74, 6) is 0.966. The van der Waals surface area contributed by atoms with E-state index in [1.54, 1.807) is 24.3 Å². The summed E-state index contributed by atoms with van der Waals surface area (Å²) in [4.78, 5) is 13.0. The van der Waals surface area contributed by atoms with Crippen LogP contribution in [0, 0.1) is 0 Å². The maximum absolute atomic E-state index is 13.7. The Morgan fingerprint density at radius 1 is 0.882 bits per heavy atom. The number of rotatable bonds is 9. The van der Waals surface area contributed by atoms with Crippen LogP contribution < -0.4 is 23.8 Å². The lowest BCUT2D eigenvalue weighted by Gasteiger charge is -2.27. The first-order valence-corrected chi connectivity index (χ1v) is 13.0. The van der Waals surface area contributed by atoms with E-state index in [0.29, 0.717) is 17.2 Å². The second-order valence-corrected chi connectivity index (χ2v) is 10.2. The molecule has 0 saturated heterocycles. The summed E-state index contributed by atoms with van der Waals surface area (Å²) in [5, 5.41) is 3.06. The van der Waals surface area contributed by atoms with Crippen LogP contribution in [0.3, 0.4) is 0 Å². The second kappa shape index (κ2) is 12.0. The summed E-state index contributed by atoms with van der Waals surface area (Å²) in [6.45, 7) is -0.334. The van der Waals surface area contributed by atoms with Gasteiger partial charge in [0, 0.05) is 12.1 Å². The molecule has 1 saturated carbocycles. The number of amides is 1. The highest BCUT2D eigenvalue weighted by Crippen LogP contribution is 2.32. The van der Waals surface area contributed by atoms with Crippen LogP contribution in [0.4, 0.5) is 5.69 Å². The van der Waals surface area contributed by atoms with Crippen LogP contribution in [0.2, 0.25) is 0 Å². The van der Waals surface area contributed by atoms with Crippen molar-refractivity contribution in [2.24, 2.45) is 0 Å². The van der Waals surface area contributed by atoms with Gasteiger partial charge in [-0.1, -0.05) is 32.1 Å². The smallest absolute Gasteiger partial charge is 0.264 e. The number of nitrogens with one attached hydrogen (secondary N) is 1. The van der Waals surface area contributed by atoms with Gasteiger partial charge >= 0.3 is 0 Å². The molecular formula is C25H34N2O6S. The number of benzene rings is 2. The van der Waals surface area contributed by atoms with Gasteiger partial charge in [0.15, 0.2) is 11.5 Å². The Hall–Kier alpha value is -2.94. The van der Waals surface area contributed by atoms with E-state index in [-0.39, 0.29) is 29.1 Å². The quantitative estimate of drug-likeness (QED) is 0.568. The molecule has 1 aliphatic rings. The van der Waals surface area contributed by atoms with Crippen LogP contribution in [0.1, 0.15) is 44.9 Å². The molecular weight excluding hydrogens is 456 g/mol. The molecule has 1 fully saturated rings. The minimum Gasteiger partial charge on any atom is -0.497 e. The third-order valence-corrected chi connectivity index (χ3v) is 7.83. The topological polar surface area (TPSA) is 94.2 Å². The molecule has 0 unspecified atom stereocenters. The molecule has 1 amide bonds. The minimum absolute atomic E-state index is 0.000257. The first-order valence-electron chi connectivity index (χ1n) is 11.6. The number of carbonyl (C=O) groups is 1. The van der Waals surface area contributed by atoms with Gasteiger partial charge in [-0.3, -0.25) is 9.10 Å². The zero-order valence-corrected chi connectivity index (χ0v) is 20.9. The molecule has 0 spiro atoms. The molecule has 0 radical (unpaired) electrons. The summed E-state index contributed by atoms with van der Waals surface area (Å²) in [5.41, 5.74) is 0.364. The molecule has 2 aromatic carbocycles. The van der Waals surface area contributed by atoms with E-state index in [4.69, 9.17) is 14.2 Å². The van der Waals surface area contributed by atoms with Crippen molar-refractivity contribution in [3.8, 4) is 17.2 Å². The molecule has 9 heteroatoms. The molecule has 2 aromatic rings. The number of hydrogen-bond donors (Lipinski definition) is 1. The molecule has 0 heterocycles. The van der Waals surface area contributed by atoms with Crippen molar-refractivity contribution in [2.75, 3.05) is 32.2 Å². The van der Waals surface area contributed by atoms with Gasteiger partial charge in [0.25, 0.3) is 10.0 Å². The molecule has 1 aliphatic carbocycles. The van der Waals surface area contributed by atoms with Gasteiger partial charge in [-0.2, -0.15) is 0 Å². The highest BCUT2D eigenvalue weighted by molar-refractivity contribution is 7.92. The van der Waals surface area contributed by atoms with Crippen molar-refractivity contribution in [1.29, 1.82) is 0 Å². The third kappa shape index (κ3) is 6.34. The zero-order chi connectivity index (χ0) is 24.6. The van der Waals surface area contributed by atoms with Crippen molar-refractivity contribution in [1.82, 2.24) is 5.32 Å². The van der Waals surface area contributed by atoms with E-state index in [1.807, 2.05) is 0 Å². The Balaban J connectivity index is 1.90. The molecule has 8 nitrogen and oxygen atoms in total. The van der Waals surface area contributed by atoms with Gasteiger partial charge < -0.3 is 19.5 Å². The molecule has 0 aliphatic heterocycles. The Morgan fingerprint density at radius 3 is 2.09 bits per heavy atom. The number of sulfonamides is 1. The highest BCUT2D eigenvalue weighted by Gasteiger charge is 2.29. The lowest BCUT2D eigenvalue weighted by Crippen LogP contribution is -2.44. The van der Waals surface area contributed by atoms with Crippen LogP contribution >= 0.6 is 0 Å². The van der Waals surface area contributed by atoms with Gasteiger partial charge in [0.1, 0.15) is 12.3 Å². The van der Waals surface area contributed by atoms with Crippen molar-refractivity contribution in [3.05, 3.63) is 42.5 Å². The zero-order valence-electron chi connectivity index (χ0n) is 20.1. The number of hydrogen-bond acceptors (Lipinski definition) is 6. The second-order valence-electron chi connectivity index (χ2n) is 8.34. The minimum atomic E-state index is -4.08. The van der Waals surface area contributed by atoms with Crippen LogP contribution in [-0.4, -0.2) is 48.2 Å². The third-order valence-electron chi connectivity index (χ3n) is 6.06. The summed E-state index contributed by atoms with van der Waals surface area (Å²) in [6, 6.07) is 11.0. The monoisotopic (exact) mass is 490 g/mol. The average Bonchev–Trinajstić information content (AvgIpc) is 2.83. The number of ether oxygens (including phenoxy) is 3. The summed E-state index contributed by atoms with van der Waals surface area (Å²) < 4.78 is 44.2. The van der Waals surface area contributed by atoms with E-state index in [1.165, 1.54) is 45.9 Å². The van der Waals surface area contributed by atoms with Crippen LogP contribution in [-0.2, 0) is 14.8 Å². The SMILES string of the molecule is COc1ccc(N(CC(=O)NC2CCCCCCC2)S(=O)(=O)c2ccc(OC)c(OC)c2)cc1. The fourth-order valence-electron chi connectivity index (χ4n) is 4.17. The van der Waals surface area contributed by atoms with E-state index >= 15 is 0 Å². The summed E-state index contributed by atoms with van der Waals surface area (Å²) in [6.07, 6.45) is 7.52. The number of carbonyl (C=O) groups excluding carboxylic acids is 1. The highest BCUT2D eigenvalue weighted by atomic mass is 32.2. The van der Waals surface area contributed by atoms with Gasteiger partial charge in [-0.15, -0.1) is 0 Å². The van der Waals surface area contributed by atoms with Crippen molar-refractivity contribution in [3.63, 3.8) is 0 Å². The van der Waals surface area contributed by atoms with Crippen LogP contribution in [0.15, 0.2) is 47.4 Å². The number of anilines is 1. The lowest BCUT2D eigenvalue weighted by atomic mass is 9.97. The van der Waals surface area contributed by atoms with Crippen LogP contribution in [0.25, 0.3) is 0 Å². The normalized spacial score (nSPS) is 15.0. The predicted octanol–water partition coefficient (Wildman–Crippen LogP) is 4.14. The van der Waals surface area contributed by atoms with E-state index in [9.17, 15) is 13.2 Å². The van der Waals surface area contributed by atoms with E-state index in [2.05, 4.69) is 5.32 Å². The van der Waals surface area contributed by atoms with Gasteiger partial charge in [0.2, 0.25) is 5.91 Å². The largest absolute Gasteiger partial charge is 0.497 e. The van der Waals surface area contributed by atoms with Gasteiger partial charge in [-0.25, -0.2) is 8.42 Å². The maximum atomic E-state index is 13.7. The van der Waals surface area contributed by atoms with E-state index in [0.717, 1.165) is 42.8 Å². The molecule has 0 aromatic heterocycles. The maximum Gasteiger partial charge on any atom is 0.264 e. The molecule has 0 bridgehead atoms. The summed E-state index contributed by atoms with van der Waals surface area (Å²) >= 11 is 0. The van der Waals surface area contributed by atoms with Crippen molar-refractivity contribution in [2.45, 2.75) is 55.9 Å². The Kier molecular flexibility index (Phi) is 9.04. The average molecular weight is 491 g/mol. The Bertz CT molecular complexity index is 1050. The molecule has 1 N–H and O–H groups in total. The first-order chi connectivity index (χ1) is 16.4. The Labute approximate surface area is 202 Å². The molecule has 0 atom stereocenters. The fourth-order valence-corrected chi connectivity index (χ4v) is 5.61. The lowest BCUT2D eigenvalue weighted by molar-refractivity contribution is -0.120. The fraction of sp³-hybridized carbons (Fsp3) is 0.480. The molecule has 3 rings (SSSR count). The Morgan fingerprint density at radius 2 is 1.50 bits per heavy atom.